The van der Waals surface area contributed by atoms with Crippen LogP contribution < -0.4 is 10.1 Å². The van der Waals surface area contributed by atoms with Gasteiger partial charge in [-0.1, -0.05) is 11.6 Å². The first-order chi connectivity index (χ1) is 9.93. The highest BCUT2D eigenvalue weighted by Crippen LogP contribution is 2.25. The number of rotatable bonds is 3. The van der Waals surface area contributed by atoms with Gasteiger partial charge in [0.1, 0.15) is 18.3 Å². The molecule has 1 heterocycles. The minimum Gasteiger partial charge on any atom is -0.496 e. The Bertz CT molecular complexity index is 604. The summed E-state index contributed by atoms with van der Waals surface area (Å²) in [5, 5.41) is 11.9. The van der Waals surface area contributed by atoms with Gasteiger partial charge in [-0.15, -0.1) is 0 Å². The molecule has 21 heavy (non-hydrogen) atoms. The molecule has 1 aliphatic rings. The van der Waals surface area contributed by atoms with Crippen molar-refractivity contribution in [3.05, 3.63) is 28.8 Å². The number of carbonyl (C=O) groups is 3. The van der Waals surface area contributed by atoms with Crippen LogP contribution in [0.15, 0.2) is 18.2 Å². The summed E-state index contributed by atoms with van der Waals surface area (Å²) in [5.41, 5.74) is 0.117. The molecule has 0 aromatic heterocycles. The predicted octanol–water partition coefficient (Wildman–Crippen LogP) is 0.374. The second-order valence-electron chi connectivity index (χ2n) is 4.44. The second-order valence-corrected chi connectivity index (χ2v) is 4.87. The standard InChI is InChI=1S/C13H13ClN2O5/c1-21-10-3-2-7(14)4-8(10)12(18)16-6-11(17)15-5-9(16)13(19)20/h2-4,9H,5-6H2,1H3,(H,15,17)(H,19,20). The van der Waals surface area contributed by atoms with E-state index < -0.39 is 23.8 Å². The summed E-state index contributed by atoms with van der Waals surface area (Å²) in [7, 11) is 1.39. The monoisotopic (exact) mass is 312 g/mol. The van der Waals surface area contributed by atoms with Crippen LogP contribution in [0.3, 0.4) is 0 Å². The van der Waals surface area contributed by atoms with Gasteiger partial charge >= 0.3 is 5.97 Å². The van der Waals surface area contributed by atoms with Gasteiger partial charge in [-0.3, -0.25) is 9.59 Å². The van der Waals surface area contributed by atoms with E-state index in [4.69, 9.17) is 21.4 Å². The topological polar surface area (TPSA) is 95.9 Å². The number of ether oxygens (including phenoxy) is 1. The van der Waals surface area contributed by atoms with Crippen LogP contribution in [0.5, 0.6) is 5.75 Å². The smallest absolute Gasteiger partial charge is 0.328 e. The van der Waals surface area contributed by atoms with Gasteiger partial charge in [0.15, 0.2) is 0 Å². The molecule has 7 nitrogen and oxygen atoms in total. The van der Waals surface area contributed by atoms with Gasteiger partial charge in [0.05, 0.1) is 12.7 Å². The van der Waals surface area contributed by atoms with E-state index in [9.17, 15) is 14.4 Å². The average Bonchev–Trinajstić information content (AvgIpc) is 2.46. The lowest BCUT2D eigenvalue weighted by Gasteiger charge is -2.33. The normalized spacial score (nSPS) is 18.1. The molecular weight excluding hydrogens is 300 g/mol. The van der Waals surface area contributed by atoms with Gasteiger partial charge in [-0.2, -0.15) is 0 Å². The fourth-order valence-electron chi connectivity index (χ4n) is 2.08. The summed E-state index contributed by atoms with van der Waals surface area (Å²) >= 11 is 5.86. The van der Waals surface area contributed by atoms with Crippen LogP contribution in [-0.4, -0.2) is 54.0 Å². The highest BCUT2D eigenvalue weighted by molar-refractivity contribution is 6.31. The maximum atomic E-state index is 12.5. The molecule has 1 aliphatic heterocycles. The highest BCUT2D eigenvalue weighted by atomic mass is 35.5. The third-order valence-electron chi connectivity index (χ3n) is 3.12. The molecule has 1 unspecified atom stereocenters. The Hall–Kier alpha value is -2.28. The average molecular weight is 313 g/mol. The van der Waals surface area contributed by atoms with Crippen LogP contribution in [0.2, 0.25) is 5.02 Å². The number of carboxylic acid groups (broad SMARTS) is 1. The second kappa shape index (κ2) is 6.01. The lowest BCUT2D eigenvalue weighted by Crippen LogP contribution is -2.59. The van der Waals surface area contributed by atoms with E-state index in [-0.39, 0.29) is 24.4 Å². The van der Waals surface area contributed by atoms with Crippen LogP contribution in [0.1, 0.15) is 10.4 Å². The molecule has 1 saturated heterocycles. The molecule has 1 aromatic rings. The fraction of sp³-hybridized carbons (Fsp3) is 0.308. The molecule has 112 valence electrons. The van der Waals surface area contributed by atoms with Gasteiger partial charge in [-0.25, -0.2) is 4.79 Å². The van der Waals surface area contributed by atoms with Gasteiger partial charge in [0.2, 0.25) is 5.91 Å². The number of halogens is 1. The van der Waals surface area contributed by atoms with Crippen LogP contribution >= 0.6 is 11.6 Å². The number of hydrogen-bond acceptors (Lipinski definition) is 4. The van der Waals surface area contributed by atoms with Crippen molar-refractivity contribution < 1.29 is 24.2 Å². The van der Waals surface area contributed by atoms with E-state index in [0.29, 0.717) is 5.02 Å². The van der Waals surface area contributed by atoms with Crippen molar-refractivity contribution in [2.45, 2.75) is 6.04 Å². The predicted molar refractivity (Wildman–Crippen MR) is 73.5 cm³/mol. The van der Waals surface area contributed by atoms with Gasteiger partial charge in [0, 0.05) is 11.6 Å². The Morgan fingerprint density at radius 1 is 1.48 bits per heavy atom. The van der Waals surface area contributed by atoms with Crippen LogP contribution in [0.4, 0.5) is 0 Å². The molecule has 8 heteroatoms. The quantitative estimate of drug-likeness (QED) is 0.841. The lowest BCUT2D eigenvalue weighted by molar-refractivity contribution is -0.144. The zero-order valence-electron chi connectivity index (χ0n) is 11.1. The van der Waals surface area contributed by atoms with E-state index in [1.807, 2.05) is 0 Å². The van der Waals surface area contributed by atoms with Gasteiger partial charge in [-0.05, 0) is 18.2 Å². The van der Waals surface area contributed by atoms with E-state index in [0.717, 1.165) is 4.90 Å². The third kappa shape index (κ3) is 3.08. The minimum atomic E-state index is -1.19. The van der Waals surface area contributed by atoms with E-state index >= 15 is 0 Å². The van der Waals surface area contributed by atoms with Crippen molar-refractivity contribution in [3.63, 3.8) is 0 Å². The zero-order chi connectivity index (χ0) is 15.6. The Kier molecular flexibility index (Phi) is 4.32. The van der Waals surface area contributed by atoms with Gasteiger partial charge in [0.25, 0.3) is 5.91 Å². The molecule has 2 rings (SSSR count). The van der Waals surface area contributed by atoms with Gasteiger partial charge < -0.3 is 20.1 Å². The Balaban J connectivity index is 2.38. The number of benzene rings is 1. The van der Waals surface area contributed by atoms with Crippen molar-refractivity contribution in [2.75, 3.05) is 20.2 Å². The Labute approximate surface area is 125 Å². The molecule has 2 N–H and O–H groups in total. The van der Waals surface area contributed by atoms with E-state index in [1.54, 1.807) is 6.07 Å². The van der Waals surface area contributed by atoms with Crippen molar-refractivity contribution in [1.82, 2.24) is 10.2 Å². The molecule has 0 spiro atoms. The molecule has 0 bridgehead atoms. The molecule has 0 radical (unpaired) electrons. The first-order valence-corrected chi connectivity index (χ1v) is 6.46. The zero-order valence-corrected chi connectivity index (χ0v) is 11.9. The summed E-state index contributed by atoms with van der Waals surface area (Å²) < 4.78 is 5.08. The van der Waals surface area contributed by atoms with E-state index in [1.165, 1.54) is 19.2 Å². The molecule has 1 atom stereocenters. The number of hydrogen-bond donors (Lipinski definition) is 2. The molecular formula is C13H13ClN2O5. The third-order valence-corrected chi connectivity index (χ3v) is 3.36. The molecule has 0 aliphatic carbocycles. The largest absolute Gasteiger partial charge is 0.496 e. The number of nitrogens with zero attached hydrogens (tertiary/aromatic N) is 1. The lowest BCUT2D eigenvalue weighted by atomic mass is 10.1. The first-order valence-electron chi connectivity index (χ1n) is 6.08. The van der Waals surface area contributed by atoms with Crippen LogP contribution in [-0.2, 0) is 9.59 Å². The van der Waals surface area contributed by atoms with Crippen molar-refractivity contribution in [3.8, 4) is 5.75 Å². The van der Waals surface area contributed by atoms with Crippen LogP contribution in [0, 0.1) is 0 Å². The number of carboxylic acids is 1. The maximum Gasteiger partial charge on any atom is 0.328 e. The number of methoxy groups -OCH3 is 1. The maximum absolute atomic E-state index is 12.5. The number of nitrogens with one attached hydrogen (secondary N) is 1. The highest BCUT2D eigenvalue weighted by Gasteiger charge is 2.36. The first kappa shape index (κ1) is 15.1. The number of amides is 2. The Morgan fingerprint density at radius 3 is 2.81 bits per heavy atom. The number of piperazine rings is 1. The summed E-state index contributed by atoms with van der Waals surface area (Å²) in [5.74, 6) is -1.96. The van der Waals surface area contributed by atoms with Crippen molar-refractivity contribution >= 4 is 29.4 Å². The number of carbonyl (C=O) groups excluding carboxylic acids is 2. The van der Waals surface area contributed by atoms with E-state index in [2.05, 4.69) is 5.32 Å². The summed E-state index contributed by atoms with van der Waals surface area (Å²) in [6, 6.07) is 3.32. The van der Waals surface area contributed by atoms with Crippen molar-refractivity contribution in [1.29, 1.82) is 0 Å². The Morgan fingerprint density at radius 2 is 2.19 bits per heavy atom. The van der Waals surface area contributed by atoms with Crippen LogP contribution in [0.25, 0.3) is 0 Å². The minimum absolute atomic E-state index is 0.117. The summed E-state index contributed by atoms with van der Waals surface area (Å²) in [4.78, 5) is 36.2. The summed E-state index contributed by atoms with van der Waals surface area (Å²) in [6.07, 6.45) is 0. The molecule has 2 amide bonds. The number of aliphatic carboxylic acids is 1. The summed E-state index contributed by atoms with van der Waals surface area (Å²) in [6.45, 7) is -0.464. The molecule has 1 fully saturated rings. The SMILES string of the molecule is COc1ccc(Cl)cc1C(=O)N1CC(=O)NCC1C(=O)O. The van der Waals surface area contributed by atoms with Crippen molar-refractivity contribution in [2.24, 2.45) is 0 Å². The fourth-order valence-corrected chi connectivity index (χ4v) is 2.25. The molecule has 1 aromatic carbocycles. The molecule has 0 saturated carbocycles.